The number of fused-ring (bicyclic) bond motifs is 1. The molecule has 0 saturated carbocycles. The molecule has 106 valence electrons. The number of hydrogen-bond donors (Lipinski definition) is 2. The second-order valence-corrected chi connectivity index (χ2v) is 6.55. The van der Waals surface area contributed by atoms with Gasteiger partial charge in [0.1, 0.15) is 5.75 Å². The minimum absolute atomic E-state index is 0.311. The largest absolute Gasteiger partial charge is 0.508 e. The summed E-state index contributed by atoms with van der Waals surface area (Å²) in [6, 6.07) is 4.18. The van der Waals surface area contributed by atoms with E-state index >= 15 is 0 Å². The van der Waals surface area contributed by atoms with Crippen LogP contribution in [-0.4, -0.2) is 11.7 Å². The van der Waals surface area contributed by atoms with Crippen molar-refractivity contribution in [2.45, 2.75) is 53.0 Å². The lowest BCUT2D eigenvalue weighted by Crippen LogP contribution is -2.27. The summed E-state index contributed by atoms with van der Waals surface area (Å²) in [7, 11) is 0. The van der Waals surface area contributed by atoms with Crippen LogP contribution in [-0.2, 0) is 0 Å². The highest BCUT2D eigenvalue weighted by atomic mass is 16.3. The average molecular weight is 261 g/mol. The third kappa shape index (κ3) is 2.79. The van der Waals surface area contributed by atoms with Crippen LogP contribution in [0.4, 0.5) is 0 Å². The zero-order valence-corrected chi connectivity index (χ0v) is 12.8. The van der Waals surface area contributed by atoms with Crippen molar-refractivity contribution >= 4 is 0 Å². The van der Waals surface area contributed by atoms with Crippen LogP contribution in [0.25, 0.3) is 0 Å². The molecule has 0 aliphatic heterocycles. The lowest BCUT2D eigenvalue weighted by molar-refractivity contribution is 0.361. The first-order valence-electron chi connectivity index (χ1n) is 7.47. The molecule has 2 rings (SSSR count). The maximum Gasteiger partial charge on any atom is 0.120 e. The molecule has 0 saturated heterocycles. The fourth-order valence-corrected chi connectivity index (χ4v) is 3.09. The summed E-state index contributed by atoms with van der Waals surface area (Å²) in [4.78, 5) is 0. The van der Waals surface area contributed by atoms with E-state index in [1.54, 1.807) is 0 Å². The standard InChI is InChI=1S/C17H27NO/c1-10(2)13(5)9-18-14-8-12(4)16-11(3)6-7-15(19)17(14)16/h6-7,10,12-14,18-19H,8-9H2,1-5H3. The van der Waals surface area contributed by atoms with Crippen LogP contribution in [0.2, 0.25) is 0 Å². The van der Waals surface area contributed by atoms with E-state index in [2.05, 4.69) is 39.9 Å². The molecule has 19 heavy (non-hydrogen) atoms. The highest BCUT2D eigenvalue weighted by Gasteiger charge is 2.32. The van der Waals surface area contributed by atoms with Gasteiger partial charge in [0, 0.05) is 11.6 Å². The number of benzene rings is 1. The maximum atomic E-state index is 10.2. The van der Waals surface area contributed by atoms with Crippen molar-refractivity contribution in [1.82, 2.24) is 5.32 Å². The normalized spacial score (nSPS) is 23.7. The van der Waals surface area contributed by atoms with E-state index in [0.717, 1.165) is 18.5 Å². The van der Waals surface area contributed by atoms with Crippen molar-refractivity contribution < 1.29 is 5.11 Å². The Hall–Kier alpha value is -1.02. The first-order chi connectivity index (χ1) is 8.91. The van der Waals surface area contributed by atoms with Gasteiger partial charge in [-0.3, -0.25) is 0 Å². The summed E-state index contributed by atoms with van der Waals surface area (Å²) in [5, 5.41) is 13.8. The number of aryl methyl sites for hydroxylation is 1. The molecule has 1 aromatic rings. The van der Waals surface area contributed by atoms with Crippen LogP contribution in [0.15, 0.2) is 12.1 Å². The molecule has 1 aliphatic carbocycles. The predicted molar refractivity (Wildman–Crippen MR) is 80.6 cm³/mol. The van der Waals surface area contributed by atoms with Gasteiger partial charge in [-0.05, 0) is 54.8 Å². The Morgan fingerprint density at radius 3 is 2.58 bits per heavy atom. The van der Waals surface area contributed by atoms with Gasteiger partial charge in [-0.25, -0.2) is 0 Å². The monoisotopic (exact) mass is 261 g/mol. The molecule has 0 spiro atoms. The molecule has 2 nitrogen and oxygen atoms in total. The van der Waals surface area contributed by atoms with Gasteiger partial charge in [0.25, 0.3) is 0 Å². The fraction of sp³-hybridized carbons (Fsp3) is 0.647. The third-order valence-electron chi connectivity index (χ3n) is 4.74. The van der Waals surface area contributed by atoms with E-state index in [1.165, 1.54) is 11.1 Å². The van der Waals surface area contributed by atoms with Gasteiger partial charge in [-0.2, -0.15) is 0 Å². The van der Waals surface area contributed by atoms with Crippen LogP contribution in [0.3, 0.4) is 0 Å². The van der Waals surface area contributed by atoms with Crippen molar-refractivity contribution in [3.05, 3.63) is 28.8 Å². The summed E-state index contributed by atoms with van der Waals surface area (Å²) in [6.45, 7) is 12.2. The highest BCUT2D eigenvalue weighted by Crippen LogP contribution is 2.45. The van der Waals surface area contributed by atoms with Crippen molar-refractivity contribution in [1.29, 1.82) is 0 Å². The molecule has 0 radical (unpaired) electrons. The van der Waals surface area contributed by atoms with E-state index in [1.807, 2.05) is 12.1 Å². The number of nitrogens with one attached hydrogen (secondary N) is 1. The van der Waals surface area contributed by atoms with Gasteiger partial charge in [-0.15, -0.1) is 0 Å². The van der Waals surface area contributed by atoms with Crippen molar-refractivity contribution in [2.24, 2.45) is 11.8 Å². The van der Waals surface area contributed by atoms with E-state index in [0.29, 0.717) is 29.5 Å². The maximum absolute atomic E-state index is 10.2. The number of aromatic hydroxyl groups is 1. The second-order valence-electron chi connectivity index (χ2n) is 6.55. The molecule has 1 aromatic carbocycles. The topological polar surface area (TPSA) is 32.3 Å². The number of phenolic OH excluding ortho intramolecular Hbond substituents is 1. The molecule has 0 aromatic heterocycles. The fourth-order valence-electron chi connectivity index (χ4n) is 3.09. The van der Waals surface area contributed by atoms with E-state index in [9.17, 15) is 5.11 Å². The van der Waals surface area contributed by atoms with Crippen molar-refractivity contribution in [3.63, 3.8) is 0 Å². The van der Waals surface area contributed by atoms with E-state index < -0.39 is 0 Å². The molecule has 2 heteroatoms. The van der Waals surface area contributed by atoms with Crippen molar-refractivity contribution in [3.8, 4) is 5.75 Å². The molecule has 1 aliphatic rings. The molecule has 0 amide bonds. The van der Waals surface area contributed by atoms with Gasteiger partial charge >= 0.3 is 0 Å². The Bertz CT molecular complexity index is 453. The van der Waals surface area contributed by atoms with E-state index in [4.69, 9.17) is 0 Å². The quantitative estimate of drug-likeness (QED) is 0.854. The lowest BCUT2D eigenvalue weighted by Gasteiger charge is -2.21. The highest BCUT2D eigenvalue weighted by molar-refractivity contribution is 5.50. The van der Waals surface area contributed by atoms with Gasteiger partial charge < -0.3 is 10.4 Å². The molecule has 3 unspecified atom stereocenters. The van der Waals surface area contributed by atoms with Crippen LogP contribution in [0.1, 0.15) is 62.8 Å². The molecule has 3 atom stereocenters. The van der Waals surface area contributed by atoms with Gasteiger partial charge in [0.15, 0.2) is 0 Å². The zero-order valence-electron chi connectivity index (χ0n) is 12.8. The molecular weight excluding hydrogens is 234 g/mol. The summed E-state index contributed by atoms with van der Waals surface area (Å²) in [5.74, 6) is 2.34. The second kappa shape index (κ2) is 5.54. The first kappa shape index (κ1) is 14.4. The first-order valence-corrected chi connectivity index (χ1v) is 7.47. The third-order valence-corrected chi connectivity index (χ3v) is 4.74. The van der Waals surface area contributed by atoms with Gasteiger partial charge in [-0.1, -0.05) is 33.8 Å². The number of phenols is 1. The number of hydrogen-bond acceptors (Lipinski definition) is 2. The Labute approximate surface area is 117 Å². The average Bonchev–Trinajstić information content (AvgIpc) is 2.69. The van der Waals surface area contributed by atoms with Crippen LogP contribution in [0, 0.1) is 18.8 Å². The van der Waals surface area contributed by atoms with E-state index in [-0.39, 0.29) is 0 Å². The van der Waals surface area contributed by atoms with Crippen LogP contribution in [0.5, 0.6) is 5.75 Å². The van der Waals surface area contributed by atoms with Gasteiger partial charge in [0.05, 0.1) is 0 Å². The molecule has 2 N–H and O–H groups in total. The minimum atomic E-state index is 0.311. The summed E-state index contributed by atoms with van der Waals surface area (Å²) < 4.78 is 0. The predicted octanol–water partition coefficient (Wildman–Crippen LogP) is 4.13. The Kier molecular flexibility index (Phi) is 4.19. The molecule has 0 bridgehead atoms. The molecule has 0 heterocycles. The lowest BCUT2D eigenvalue weighted by atomic mass is 9.96. The zero-order chi connectivity index (χ0) is 14.2. The minimum Gasteiger partial charge on any atom is -0.508 e. The smallest absolute Gasteiger partial charge is 0.120 e. The summed E-state index contributed by atoms with van der Waals surface area (Å²) in [6.07, 6.45) is 1.10. The molecular formula is C17H27NO. The van der Waals surface area contributed by atoms with Crippen LogP contribution < -0.4 is 5.32 Å². The summed E-state index contributed by atoms with van der Waals surface area (Å²) >= 11 is 0. The molecule has 0 fully saturated rings. The Morgan fingerprint density at radius 1 is 1.26 bits per heavy atom. The Balaban J connectivity index is 2.18. The van der Waals surface area contributed by atoms with Crippen LogP contribution >= 0.6 is 0 Å². The SMILES string of the molecule is Cc1ccc(O)c2c1C(C)CC2NCC(C)C(C)C. The summed E-state index contributed by atoms with van der Waals surface area (Å²) in [5.41, 5.74) is 3.81. The van der Waals surface area contributed by atoms with Crippen molar-refractivity contribution in [2.75, 3.05) is 6.54 Å². The number of rotatable bonds is 4. The van der Waals surface area contributed by atoms with Gasteiger partial charge in [0.2, 0.25) is 0 Å². The Morgan fingerprint density at radius 2 is 1.95 bits per heavy atom.